The number of carbonyl (C=O) groups excluding carboxylic acids is 1. The highest BCUT2D eigenvalue weighted by molar-refractivity contribution is 6.30. The predicted molar refractivity (Wildman–Crippen MR) is 52.8 cm³/mol. The van der Waals surface area contributed by atoms with Gasteiger partial charge in [-0.15, -0.1) is 11.6 Å². The molecule has 0 atom stereocenters. The van der Waals surface area contributed by atoms with Crippen LogP contribution in [0.4, 0.5) is 10.1 Å². The molecule has 0 spiro atoms. The summed E-state index contributed by atoms with van der Waals surface area (Å²) < 4.78 is 13.2. The molecule has 0 aliphatic carbocycles. The summed E-state index contributed by atoms with van der Waals surface area (Å²) in [6, 6.07) is 2.14. The van der Waals surface area contributed by atoms with Gasteiger partial charge in [0.2, 0.25) is 5.82 Å². The summed E-state index contributed by atoms with van der Waals surface area (Å²) in [4.78, 5) is 20.8. The van der Waals surface area contributed by atoms with Crippen molar-refractivity contribution in [3.63, 3.8) is 0 Å². The van der Waals surface area contributed by atoms with Gasteiger partial charge in [-0.2, -0.15) is 4.39 Å². The molecule has 0 amide bonds. The second-order valence-electron chi connectivity index (χ2n) is 2.94. The van der Waals surface area contributed by atoms with E-state index in [2.05, 4.69) is 0 Å². The lowest BCUT2D eigenvalue weighted by molar-refractivity contribution is -0.387. The summed E-state index contributed by atoms with van der Waals surface area (Å²) in [6.07, 6.45) is 0. The summed E-state index contributed by atoms with van der Waals surface area (Å²) in [5, 5.41) is 10.5. The number of Topliss-reactive ketones (excluding diaryl/α,β-unsaturated/α-hetero) is 1. The maximum atomic E-state index is 13.2. The normalized spacial score (nSPS) is 10.1. The molecule has 0 N–H and O–H groups in total. The Balaban J connectivity index is 3.35. The van der Waals surface area contributed by atoms with Gasteiger partial charge in [0.1, 0.15) is 0 Å². The maximum absolute atomic E-state index is 13.2. The van der Waals surface area contributed by atoms with Crippen molar-refractivity contribution >= 4 is 23.1 Å². The number of nitro groups is 1. The topological polar surface area (TPSA) is 60.2 Å². The van der Waals surface area contributed by atoms with Gasteiger partial charge in [-0.3, -0.25) is 14.9 Å². The van der Waals surface area contributed by atoms with Crippen LogP contribution >= 0.6 is 11.6 Å². The van der Waals surface area contributed by atoms with Crippen molar-refractivity contribution in [3.8, 4) is 0 Å². The molecule has 0 fully saturated rings. The summed E-state index contributed by atoms with van der Waals surface area (Å²) >= 11 is 5.30. The molecule has 0 unspecified atom stereocenters. The molecule has 0 bridgehead atoms. The molecule has 1 aromatic carbocycles. The lowest BCUT2D eigenvalue weighted by Gasteiger charge is -2.01. The van der Waals surface area contributed by atoms with Crippen molar-refractivity contribution in [3.05, 3.63) is 39.2 Å². The molecule has 1 aromatic rings. The third kappa shape index (κ3) is 2.30. The lowest BCUT2D eigenvalue weighted by Crippen LogP contribution is -2.04. The van der Waals surface area contributed by atoms with Crippen LogP contribution in [0, 0.1) is 22.9 Å². The fourth-order valence-corrected chi connectivity index (χ4v) is 1.28. The van der Waals surface area contributed by atoms with E-state index in [1.54, 1.807) is 0 Å². The third-order valence-corrected chi connectivity index (χ3v) is 2.12. The first-order chi connectivity index (χ1) is 6.97. The van der Waals surface area contributed by atoms with Crippen LogP contribution in [-0.2, 0) is 0 Å². The molecule has 0 radical (unpaired) electrons. The zero-order chi connectivity index (χ0) is 11.6. The van der Waals surface area contributed by atoms with E-state index in [0.717, 1.165) is 6.07 Å². The fourth-order valence-electron chi connectivity index (χ4n) is 1.12. The van der Waals surface area contributed by atoms with Gasteiger partial charge < -0.3 is 0 Å². The van der Waals surface area contributed by atoms with E-state index in [4.69, 9.17) is 11.6 Å². The Labute approximate surface area is 89.8 Å². The van der Waals surface area contributed by atoms with Crippen LogP contribution in [0.15, 0.2) is 12.1 Å². The van der Waals surface area contributed by atoms with Gasteiger partial charge >= 0.3 is 5.69 Å². The Morgan fingerprint density at radius 2 is 2.20 bits per heavy atom. The van der Waals surface area contributed by atoms with Crippen molar-refractivity contribution in [1.29, 1.82) is 0 Å². The molecule has 4 nitrogen and oxygen atoms in total. The molecule has 6 heteroatoms. The monoisotopic (exact) mass is 231 g/mol. The number of aryl methyl sites for hydroxylation is 1. The Morgan fingerprint density at radius 1 is 1.60 bits per heavy atom. The molecular weight excluding hydrogens is 225 g/mol. The van der Waals surface area contributed by atoms with Crippen molar-refractivity contribution in [2.24, 2.45) is 0 Å². The van der Waals surface area contributed by atoms with Gasteiger partial charge in [0.05, 0.1) is 10.8 Å². The molecule has 0 heterocycles. The molecule has 0 saturated heterocycles. The number of hydrogen-bond acceptors (Lipinski definition) is 3. The first-order valence-corrected chi connectivity index (χ1v) is 4.54. The summed E-state index contributed by atoms with van der Waals surface area (Å²) in [5.74, 6) is -1.68. The minimum Gasteiger partial charge on any atom is -0.293 e. The van der Waals surface area contributed by atoms with Crippen LogP contribution in [0.25, 0.3) is 0 Å². The zero-order valence-electron chi connectivity index (χ0n) is 7.79. The predicted octanol–water partition coefficient (Wildman–Crippen LogP) is 2.46. The van der Waals surface area contributed by atoms with E-state index in [1.165, 1.54) is 13.0 Å². The number of ketones is 1. The summed E-state index contributed by atoms with van der Waals surface area (Å²) in [5.41, 5.74) is -0.600. The Kier molecular flexibility index (Phi) is 3.36. The fraction of sp³-hybridized carbons (Fsp3) is 0.222. The number of hydrogen-bond donors (Lipinski definition) is 0. The van der Waals surface area contributed by atoms with Gasteiger partial charge in [0, 0.05) is 11.6 Å². The standard InChI is InChI=1S/C9H7ClFNO3/c1-5-2-6(8(13)4-10)3-7(9(5)11)12(14)15/h2-3H,4H2,1H3. The van der Waals surface area contributed by atoms with Gasteiger partial charge in [-0.05, 0) is 18.6 Å². The van der Waals surface area contributed by atoms with Gasteiger partial charge in [-0.1, -0.05) is 0 Å². The lowest BCUT2D eigenvalue weighted by atomic mass is 10.1. The molecule has 1 rings (SSSR count). The molecule has 15 heavy (non-hydrogen) atoms. The number of carbonyl (C=O) groups is 1. The van der Waals surface area contributed by atoms with Crippen molar-refractivity contribution in [2.75, 3.05) is 5.88 Å². The Hall–Kier alpha value is -1.49. The summed E-state index contributed by atoms with van der Waals surface area (Å²) in [7, 11) is 0. The van der Waals surface area contributed by atoms with Crippen LogP contribution < -0.4 is 0 Å². The summed E-state index contributed by atoms with van der Waals surface area (Å²) in [6.45, 7) is 1.35. The number of nitro benzene ring substituents is 1. The van der Waals surface area contributed by atoms with Gasteiger partial charge in [0.25, 0.3) is 0 Å². The van der Waals surface area contributed by atoms with Crippen LogP contribution in [0.5, 0.6) is 0 Å². The SMILES string of the molecule is Cc1cc(C(=O)CCl)cc([N+](=O)[O-])c1F. The highest BCUT2D eigenvalue weighted by Gasteiger charge is 2.19. The quantitative estimate of drug-likeness (QED) is 0.347. The van der Waals surface area contributed by atoms with Crippen LogP contribution in [0.2, 0.25) is 0 Å². The van der Waals surface area contributed by atoms with Gasteiger partial charge in [-0.25, -0.2) is 0 Å². The average molecular weight is 232 g/mol. The van der Waals surface area contributed by atoms with E-state index in [1.807, 2.05) is 0 Å². The molecule has 0 aliphatic heterocycles. The number of alkyl halides is 1. The molecule has 0 aromatic heterocycles. The highest BCUT2D eigenvalue weighted by Crippen LogP contribution is 2.22. The zero-order valence-corrected chi connectivity index (χ0v) is 8.55. The Morgan fingerprint density at radius 3 is 2.67 bits per heavy atom. The molecule has 0 aliphatic rings. The van der Waals surface area contributed by atoms with E-state index in [9.17, 15) is 19.3 Å². The van der Waals surface area contributed by atoms with Crippen molar-refractivity contribution < 1.29 is 14.1 Å². The molecular formula is C9H7ClFNO3. The minimum absolute atomic E-state index is 0.0515. The van der Waals surface area contributed by atoms with E-state index in [0.29, 0.717) is 0 Å². The number of halogens is 2. The number of nitrogens with zero attached hydrogens (tertiary/aromatic N) is 1. The van der Waals surface area contributed by atoms with E-state index >= 15 is 0 Å². The van der Waals surface area contributed by atoms with Crippen LogP contribution in [-0.4, -0.2) is 16.6 Å². The van der Waals surface area contributed by atoms with Crippen molar-refractivity contribution in [1.82, 2.24) is 0 Å². The van der Waals surface area contributed by atoms with Gasteiger partial charge in [0.15, 0.2) is 5.78 Å². The highest BCUT2D eigenvalue weighted by atomic mass is 35.5. The largest absolute Gasteiger partial charge is 0.305 e. The first kappa shape index (κ1) is 11.6. The molecule has 0 saturated carbocycles. The van der Waals surface area contributed by atoms with E-state index < -0.39 is 22.2 Å². The third-order valence-electron chi connectivity index (χ3n) is 1.88. The number of rotatable bonds is 3. The van der Waals surface area contributed by atoms with E-state index in [-0.39, 0.29) is 17.0 Å². The maximum Gasteiger partial charge on any atom is 0.305 e. The first-order valence-electron chi connectivity index (χ1n) is 4.01. The van der Waals surface area contributed by atoms with Crippen LogP contribution in [0.3, 0.4) is 0 Å². The second kappa shape index (κ2) is 4.35. The molecule has 80 valence electrons. The average Bonchev–Trinajstić information content (AvgIpc) is 2.20. The minimum atomic E-state index is -0.925. The number of benzene rings is 1. The second-order valence-corrected chi connectivity index (χ2v) is 3.21. The smallest absolute Gasteiger partial charge is 0.293 e. The van der Waals surface area contributed by atoms with Crippen molar-refractivity contribution in [2.45, 2.75) is 6.92 Å². The van der Waals surface area contributed by atoms with Crippen LogP contribution in [0.1, 0.15) is 15.9 Å². The Bertz CT molecular complexity index is 434.